The summed E-state index contributed by atoms with van der Waals surface area (Å²) in [5.74, 6) is -0.677. The number of carboxylic acids is 1. The van der Waals surface area contributed by atoms with Gasteiger partial charge in [0.05, 0.1) is 5.41 Å². The van der Waals surface area contributed by atoms with Crippen LogP contribution in [0.25, 0.3) is 0 Å². The molecular weight excluding hydrogens is 200 g/mol. The summed E-state index contributed by atoms with van der Waals surface area (Å²) in [7, 11) is 0. The molecule has 0 radical (unpaired) electrons. The molecule has 0 heterocycles. The van der Waals surface area contributed by atoms with E-state index in [-0.39, 0.29) is 0 Å². The first-order chi connectivity index (χ1) is 7.71. The molecule has 1 unspecified atom stereocenters. The SMILES string of the molecule is CCCCCCCC1(C(=O)O)C=CC=CC1. The van der Waals surface area contributed by atoms with Gasteiger partial charge in [0, 0.05) is 0 Å². The molecule has 1 aliphatic carbocycles. The molecule has 2 heteroatoms. The molecule has 0 amide bonds. The van der Waals surface area contributed by atoms with Gasteiger partial charge in [-0.1, -0.05) is 63.3 Å². The normalized spacial score (nSPS) is 23.6. The van der Waals surface area contributed by atoms with Crippen molar-refractivity contribution in [3.8, 4) is 0 Å². The van der Waals surface area contributed by atoms with E-state index in [1.807, 2.05) is 24.3 Å². The standard InChI is InChI=1S/C14H22O2/c1-2-3-4-5-7-10-14(13(15)16)11-8-6-9-12-14/h6,8-9,11H,2-5,7,10,12H2,1H3,(H,15,16). The van der Waals surface area contributed by atoms with Crippen LogP contribution in [0.1, 0.15) is 51.9 Å². The van der Waals surface area contributed by atoms with Gasteiger partial charge < -0.3 is 5.11 Å². The molecule has 0 saturated heterocycles. The first kappa shape index (κ1) is 13.0. The summed E-state index contributed by atoms with van der Waals surface area (Å²) >= 11 is 0. The molecule has 1 N–H and O–H groups in total. The van der Waals surface area contributed by atoms with E-state index >= 15 is 0 Å². The zero-order valence-corrected chi connectivity index (χ0v) is 10.1. The molecule has 16 heavy (non-hydrogen) atoms. The average molecular weight is 222 g/mol. The fourth-order valence-corrected chi connectivity index (χ4v) is 2.16. The van der Waals surface area contributed by atoms with Crippen LogP contribution in [-0.2, 0) is 4.79 Å². The Hall–Kier alpha value is -1.05. The van der Waals surface area contributed by atoms with E-state index in [4.69, 9.17) is 0 Å². The Morgan fingerprint density at radius 2 is 2.00 bits per heavy atom. The monoisotopic (exact) mass is 222 g/mol. The topological polar surface area (TPSA) is 37.3 Å². The van der Waals surface area contributed by atoms with Gasteiger partial charge in [0.2, 0.25) is 0 Å². The highest BCUT2D eigenvalue weighted by Crippen LogP contribution is 2.34. The first-order valence-corrected chi connectivity index (χ1v) is 6.29. The van der Waals surface area contributed by atoms with Gasteiger partial charge in [0.25, 0.3) is 0 Å². The number of rotatable bonds is 7. The molecule has 0 spiro atoms. The van der Waals surface area contributed by atoms with Gasteiger partial charge in [-0.05, 0) is 12.8 Å². The largest absolute Gasteiger partial charge is 0.481 e. The van der Waals surface area contributed by atoms with Crippen molar-refractivity contribution in [2.75, 3.05) is 0 Å². The second-order valence-electron chi connectivity index (χ2n) is 4.62. The van der Waals surface area contributed by atoms with Gasteiger partial charge in [-0.2, -0.15) is 0 Å². The maximum absolute atomic E-state index is 11.3. The Morgan fingerprint density at radius 3 is 2.56 bits per heavy atom. The quantitative estimate of drug-likeness (QED) is 0.662. The van der Waals surface area contributed by atoms with Crippen LogP contribution >= 0.6 is 0 Å². The molecule has 1 rings (SSSR count). The van der Waals surface area contributed by atoms with E-state index in [2.05, 4.69) is 6.92 Å². The van der Waals surface area contributed by atoms with Crippen LogP contribution < -0.4 is 0 Å². The number of unbranched alkanes of at least 4 members (excludes halogenated alkanes) is 4. The van der Waals surface area contributed by atoms with Crippen molar-refractivity contribution in [3.63, 3.8) is 0 Å². The van der Waals surface area contributed by atoms with Crippen molar-refractivity contribution in [3.05, 3.63) is 24.3 Å². The molecule has 0 aromatic heterocycles. The molecule has 90 valence electrons. The van der Waals surface area contributed by atoms with Crippen LogP contribution in [0.3, 0.4) is 0 Å². The van der Waals surface area contributed by atoms with Gasteiger partial charge in [0.15, 0.2) is 0 Å². The van der Waals surface area contributed by atoms with Crippen LogP contribution in [0, 0.1) is 5.41 Å². The lowest BCUT2D eigenvalue weighted by atomic mass is 9.77. The van der Waals surface area contributed by atoms with Crippen molar-refractivity contribution in [2.45, 2.75) is 51.9 Å². The molecule has 0 aliphatic heterocycles. The van der Waals surface area contributed by atoms with Crippen molar-refractivity contribution >= 4 is 5.97 Å². The first-order valence-electron chi connectivity index (χ1n) is 6.29. The second-order valence-corrected chi connectivity index (χ2v) is 4.62. The van der Waals surface area contributed by atoms with E-state index in [0.29, 0.717) is 6.42 Å². The zero-order valence-electron chi connectivity index (χ0n) is 10.1. The Morgan fingerprint density at radius 1 is 1.25 bits per heavy atom. The number of hydrogen-bond acceptors (Lipinski definition) is 1. The fourth-order valence-electron chi connectivity index (χ4n) is 2.16. The minimum atomic E-state index is -0.677. The zero-order chi connectivity index (χ0) is 11.9. The lowest BCUT2D eigenvalue weighted by Gasteiger charge is -2.26. The molecule has 0 fully saturated rings. The maximum Gasteiger partial charge on any atom is 0.313 e. The molecule has 0 saturated carbocycles. The molecule has 0 aromatic rings. The van der Waals surface area contributed by atoms with Gasteiger partial charge in [0.1, 0.15) is 0 Å². The van der Waals surface area contributed by atoms with Crippen LogP contribution in [0.5, 0.6) is 0 Å². The van der Waals surface area contributed by atoms with Crippen molar-refractivity contribution in [1.82, 2.24) is 0 Å². The van der Waals surface area contributed by atoms with Crippen LogP contribution in [0.2, 0.25) is 0 Å². The summed E-state index contributed by atoms with van der Waals surface area (Å²) in [6.45, 7) is 2.19. The summed E-state index contributed by atoms with van der Waals surface area (Å²) in [5, 5.41) is 9.31. The predicted molar refractivity (Wildman–Crippen MR) is 66.3 cm³/mol. The summed E-state index contributed by atoms with van der Waals surface area (Å²) in [6.07, 6.45) is 14.9. The molecule has 0 aromatic carbocycles. The lowest BCUT2D eigenvalue weighted by Crippen LogP contribution is -2.29. The number of aliphatic carboxylic acids is 1. The Balaban J connectivity index is 2.38. The highest BCUT2D eigenvalue weighted by molar-refractivity contribution is 5.77. The Bertz CT molecular complexity index is 278. The van der Waals surface area contributed by atoms with Crippen LogP contribution in [0.4, 0.5) is 0 Å². The van der Waals surface area contributed by atoms with Gasteiger partial charge in [-0.15, -0.1) is 0 Å². The van der Waals surface area contributed by atoms with Gasteiger partial charge in [-0.25, -0.2) is 0 Å². The third kappa shape index (κ3) is 3.51. The van der Waals surface area contributed by atoms with E-state index < -0.39 is 11.4 Å². The molecular formula is C14H22O2. The smallest absolute Gasteiger partial charge is 0.313 e. The van der Waals surface area contributed by atoms with E-state index in [9.17, 15) is 9.90 Å². The molecule has 0 bridgehead atoms. The predicted octanol–water partition coefficient (Wildman–Crippen LogP) is 3.93. The highest BCUT2D eigenvalue weighted by atomic mass is 16.4. The third-order valence-corrected chi connectivity index (χ3v) is 3.30. The van der Waals surface area contributed by atoms with E-state index in [1.165, 1.54) is 19.3 Å². The summed E-state index contributed by atoms with van der Waals surface area (Å²) in [5.41, 5.74) is -0.624. The minimum absolute atomic E-state index is 0.624. The number of carbonyl (C=O) groups is 1. The summed E-state index contributed by atoms with van der Waals surface area (Å²) in [4.78, 5) is 11.3. The highest BCUT2D eigenvalue weighted by Gasteiger charge is 2.34. The molecule has 1 aliphatic rings. The van der Waals surface area contributed by atoms with E-state index in [1.54, 1.807) is 0 Å². The van der Waals surface area contributed by atoms with Crippen molar-refractivity contribution in [2.24, 2.45) is 5.41 Å². The number of carboxylic acid groups (broad SMARTS) is 1. The molecule has 1 atom stereocenters. The fraction of sp³-hybridized carbons (Fsp3) is 0.643. The number of allylic oxidation sites excluding steroid dienone is 3. The summed E-state index contributed by atoms with van der Waals surface area (Å²) < 4.78 is 0. The second kappa shape index (κ2) is 6.51. The van der Waals surface area contributed by atoms with Gasteiger partial charge >= 0.3 is 5.97 Å². The number of hydrogen-bond donors (Lipinski definition) is 1. The lowest BCUT2D eigenvalue weighted by molar-refractivity contribution is -0.146. The third-order valence-electron chi connectivity index (χ3n) is 3.30. The summed E-state index contributed by atoms with van der Waals surface area (Å²) in [6, 6.07) is 0. The van der Waals surface area contributed by atoms with Crippen LogP contribution in [-0.4, -0.2) is 11.1 Å². The molecule has 2 nitrogen and oxygen atoms in total. The Labute approximate surface area is 98.1 Å². The van der Waals surface area contributed by atoms with Gasteiger partial charge in [-0.3, -0.25) is 4.79 Å². The minimum Gasteiger partial charge on any atom is -0.481 e. The Kier molecular flexibility index (Phi) is 5.30. The van der Waals surface area contributed by atoms with Crippen molar-refractivity contribution < 1.29 is 9.90 Å². The van der Waals surface area contributed by atoms with Crippen molar-refractivity contribution in [1.29, 1.82) is 0 Å². The van der Waals surface area contributed by atoms with E-state index in [0.717, 1.165) is 19.3 Å². The maximum atomic E-state index is 11.3. The average Bonchev–Trinajstić information content (AvgIpc) is 2.30. The van der Waals surface area contributed by atoms with Crippen LogP contribution in [0.15, 0.2) is 24.3 Å².